The number of aliphatic hydroxyl groups is 12. The molecule has 0 aromatic heterocycles. The maximum Gasteiger partial charge on any atom is 0.217 e. The van der Waals surface area contributed by atoms with Crippen LogP contribution in [0.25, 0.3) is 0 Å². The first-order valence-corrected chi connectivity index (χ1v) is 31.3. The van der Waals surface area contributed by atoms with Gasteiger partial charge in [-0.2, -0.15) is 0 Å². The summed E-state index contributed by atoms with van der Waals surface area (Å²) in [5.74, 6) is 0.0789. The minimum Gasteiger partial charge on any atom is -0.394 e. The van der Waals surface area contributed by atoms with Gasteiger partial charge in [-0.3, -0.25) is 14.4 Å². The maximum atomic E-state index is 13.0. The standard InChI is InChI=1S/C61H98N2O25/c1-25(2)18-29(68)19-26(3)31-11-12-32-30-10-13-39-59(6,7)40(15-17-61(39,9)33(30)14-16-60(31,32)8)86-58-53(47(74)38(24-81-58)85-54-41(62-27(4)66)48(75)44(71)35(20-64)82-54)87-55-42(63-28(5)67)49(76)46(73)37(84-55)23-80-57-52(43(70)34(69)22-79-57)88-56-51(78)50(77)45(72)36(21-65)83-56/h18,26,31-32,34-58,64-65,69-78H,10-17,19-24H2,1-9H3,(H,62,66)(H,63,67). The Labute approximate surface area is 512 Å². The van der Waals surface area contributed by atoms with E-state index in [2.05, 4.69) is 45.3 Å². The van der Waals surface area contributed by atoms with E-state index in [0.717, 1.165) is 57.4 Å². The van der Waals surface area contributed by atoms with Gasteiger partial charge in [-0.15, -0.1) is 0 Å². The Balaban J connectivity index is 0.974. The van der Waals surface area contributed by atoms with Crippen molar-refractivity contribution in [2.75, 3.05) is 33.0 Å². The smallest absolute Gasteiger partial charge is 0.217 e. The number of fused-ring (bicyclic) bond motifs is 4. The van der Waals surface area contributed by atoms with Crippen molar-refractivity contribution in [3.8, 4) is 0 Å². The van der Waals surface area contributed by atoms with Crippen LogP contribution in [0.5, 0.6) is 0 Å². The molecule has 5 heterocycles. The summed E-state index contributed by atoms with van der Waals surface area (Å²) >= 11 is 0. The number of ketones is 1. The molecule has 0 aromatic carbocycles. The molecule has 14 N–H and O–H groups in total. The number of rotatable bonds is 19. The van der Waals surface area contributed by atoms with E-state index in [1.807, 2.05) is 13.8 Å². The van der Waals surface area contributed by atoms with Gasteiger partial charge in [-0.1, -0.05) is 51.3 Å². The van der Waals surface area contributed by atoms with Crippen LogP contribution in [0.15, 0.2) is 22.8 Å². The van der Waals surface area contributed by atoms with Gasteiger partial charge in [0.25, 0.3) is 0 Å². The van der Waals surface area contributed by atoms with Gasteiger partial charge >= 0.3 is 0 Å². The van der Waals surface area contributed by atoms with Crippen molar-refractivity contribution in [3.63, 3.8) is 0 Å². The first-order chi connectivity index (χ1) is 41.4. The zero-order chi connectivity index (χ0) is 64.2. The number of ether oxygens (including phenoxy) is 10. The Morgan fingerprint density at radius 2 is 1.17 bits per heavy atom. The Bertz CT molecular complexity index is 2480. The van der Waals surface area contributed by atoms with Crippen LogP contribution in [-0.4, -0.2) is 259 Å². The number of aliphatic hydroxyl groups excluding tert-OH is 12. The molecule has 502 valence electrons. The Morgan fingerprint density at radius 1 is 0.602 bits per heavy atom. The Kier molecular flexibility index (Phi) is 22.2. The summed E-state index contributed by atoms with van der Waals surface area (Å²) in [6, 6.07) is -3.00. The fourth-order valence-corrected chi connectivity index (χ4v) is 16.7. The van der Waals surface area contributed by atoms with Crippen LogP contribution in [0.1, 0.15) is 120 Å². The van der Waals surface area contributed by atoms with Crippen LogP contribution in [-0.2, 0) is 61.8 Å². The summed E-state index contributed by atoms with van der Waals surface area (Å²) in [5, 5.41) is 136. The monoisotopic (exact) mass is 1260 g/mol. The number of hydrogen-bond acceptors (Lipinski definition) is 25. The molecule has 2 amide bonds. The van der Waals surface area contributed by atoms with Crippen molar-refractivity contribution in [1.82, 2.24) is 10.6 Å². The van der Waals surface area contributed by atoms with Crippen LogP contribution in [0, 0.1) is 39.9 Å². The highest BCUT2D eigenvalue weighted by Crippen LogP contribution is 2.68. The molecule has 2 saturated carbocycles. The molecule has 30 unspecified atom stereocenters. The molecule has 9 aliphatic rings. The van der Waals surface area contributed by atoms with E-state index in [1.54, 1.807) is 11.6 Å². The maximum absolute atomic E-state index is 13.0. The van der Waals surface area contributed by atoms with E-state index >= 15 is 0 Å². The van der Waals surface area contributed by atoms with Crippen molar-refractivity contribution in [1.29, 1.82) is 0 Å². The lowest BCUT2D eigenvalue weighted by Crippen LogP contribution is -2.68. The number of allylic oxidation sites excluding steroid dienone is 4. The molecule has 0 bridgehead atoms. The van der Waals surface area contributed by atoms with Gasteiger partial charge in [-0.25, -0.2) is 0 Å². The molecular weight excluding hydrogens is 1160 g/mol. The second kappa shape index (κ2) is 28.0. The number of nitrogens with one attached hydrogen (secondary N) is 2. The van der Waals surface area contributed by atoms with Gasteiger partial charge in [0.05, 0.1) is 39.1 Å². The molecule has 27 heteroatoms. The van der Waals surface area contributed by atoms with Gasteiger partial charge in [-0.05, 0) is 111 Å². The molecule has 5 saturated heterocycles. The van der Waals surface area contributed by atoms with Crippen molar-refractivity contribution >= 4 is 17.6 Å². The van der Waals surface area contributed by atoms with Crippen molar-refractivity contribution in [2.45, 2.75) is 267 Å². The van der Waals surface area contributed by atoms with E-state index < -0.39 is 198 Å². The quantitative estimate of drug-likeness (QED) is 0.0489. The topological polar surface area (TPSA) is 410 Å². The lowest BCUT2D eigenvalue weighted by Gasteiger charge is -2.61. The Hall–Kier alpha value is -2.79. The fourth-order valence-electron chi connectivity index (χ4n) is 16.7. The minimum absolute atomic E-state index is 0.0754. The third kappa shape index (κ3) is 13.8. The van der Waals surface area contributed by atoms with Gasteiger partial charge in [0.1, 0.15) is 110 Å². The van der Waals surface area contributed by atoms with Crippen LogP contribution >= 0.6 is 0 Å². The first-order valence-electron chi connectivity index (χ1n) is 31.3. The summed E-state index contributed by atoms with van der Waals surface area (Å²) in [6.07, 6.45) is -26.4. The Morgan fingerprint density at radius 3 is 1.80 bits per heavy atom. The van der Waals surface area contributed by atoms with Crippen molar-refractivity contribution < 1.29 is 123 Å². The molecule has 5 aliphatic heterocycles. The molecule has 88 heavy (non-hydrogen) atoms. The summed E-state index contributed by atoms with van der Waals surface area (Å²) < 4.78 is 61.7. The molecule has 27 nitrogen and oxygen atoms in total. The predicted molar refractivity (Wildman–Crippen MR) is 303 cm³/mol. The number of carbonyl (C=O) groups is 3. The van der Waals surface area contributed by atoms with Crippen LogP contribution in [0.2, 0.25) is 0 Å². The van der Waals surface area contributed by atoms with Crippen molar-refractivity contribution in [3.05, 3.63) is 22.8 Å². The molecule has 0 radical (unpaired) electrons. The van der Waals surface area contributed by atoms with E-state index in [4.69, 9.17) is 47.4 Å². The van der Waals surface area contributed by atoms with Gasteiger partial charge in [0, 0.05) is 20.3 Å². The van der Waals surface area contributed by atoms with Crippen LogP contribution in [0.4, 0.5) is 0 Å². The third-order valence-electron chi connectivity index (χ3n) is 21.2. The van der Waals surface area contributed by atoms with Gasteiger partial charge in [0.15, 0.2) is 37.2 Å². The molecule has 4 aliphatic carbocycles. The fraction of sp³-hybridized carbons (Fsp3) is 0.885. The lowest BCUT2D eigenvalue weighted by atomic mass is 9.45. The average Bonchev–Trinajstić information content (AvgIpc) is 1.19. The molecule has 0 spiro atoms. The van der Waals surface area contributed by atoms with E-state index in [9.17, 15) is 75.7 Å². The van der Waals surface area contributed by atoms with Crippen LogP contribution < -0.4 is 10.6 Å². The largest absolute Gasteiger partial charge is 0.394 e. The zero-order valence-corrected chi connectivity index (χ0v) is 51.8. The number of hydrogen-bond donors (Lipinski definition) is 14. The summed E-state index contributed by atoms with van der Waals surface area (Å²) in [5.41, 5.74) is 3.46. The summed E-state index contributed by atoms with van der Waals surface area (Å²) in [4.78, 5) is 38.4. The van der Waals surface area contributed by atoms with Gasteiger partial charge < -0.3 is 119 Å². The van der Waals surface area contributed by atoms with Crippen molar-refractivity contribution in [2.24, 2.45) is 39.9 Å². The van der Waals surface area contributed by atoms with Crippen LogP contribution in [0.3, 0.4) is 0 Å². The second-order valence-corrected chi connectivity index (χ2v) is 27.7. The average molecular weight is 1260 g/mol. The molecule has 9 rings (SSSR count). The van der Waals surface area contributed by atoms with E-state index in [0.29, 0.717) is 24.7 Å². The molecule has 0 aromatic rings. The number of amides is 2. The zero-order valence-electron chi connectivity index (χ0n) is 51.8. The molecule has 7 fully saturated rings. The highest BCUT2D eigenvalue weighted by Gasteiger charge is 2.62. The predicted octanol–water partition coefficient (Wildman–Crippen LogP) is -2.05. The highest BCUT2D eigenvalue weighted by molar-refractivity contribution is 5.90. The summed E-state index contributed by atoms with van der Waals surface area (Å²) in [7, 11) is 0. The highest BCUT2D eigenvalue weighted by atomic mass is 16.8. The molecular formula is C61H98N2O25. The van der Waals surface area contributed by atoms with E-state index in [1.165, 1.54) is 12.5 Å². The minimum atomic E-state index is -1.93. The second-order valence-electron chi connectivity index (χ2n) is 27.7. The first kappa shape index (κ1) is 69.5. The third-order valence-corrected chi connectivity index (χ3v) is 21.2. The molecule has 30 atom stereocenters. The SMILES string of the molecule is CC(=O)NC1C(OC2COC(OC3CCC4(C)C5=C(CCC4C3(C)C)C3CCC(C(C)CC(=O)C=C(C)C)C3(C)CC5)C(OC3OC(COC4OCC(O)C(O)C4OC4OC(CO)C(O)C(O)C4O)C(O)C(O)C3NC(C)=O)C2O)OC(CO)C(O)C1O. The number of carbonyl (C=O) groups excluding carboxylic acids is 3. The normalized spacial score (nSPS) is 47.2. The van der Waals surface area contributed by atoms with E-state index in [-0.39, 0.29) is 28.4 Å². The lowest BCUT2D eigenvalue weighted by molar-refractivity contribution is -0.375. The summed E-state index contributed by atoms with van der Waals surface area (Å²) in [6.45, 7) is 14.4. The van der Waals surface area contributed by atoms with Gasteiger partial charge in [0.2, 0.25) is 11.8 Å².